The number of rotatable bonds is 2. The lowest BCUT2D eigenvalue weighted by Crippen LogP contribution is -2.14. The van der Waals surface area contributed by atoms with Crippen molar-refractivity contribution in [3.63, 3.8) is 0 Å². The van der Waals surface area contributed by atoms with Crippen molar-refractivity contribution in [2.75, 3.05) is 7.11 Å². The minimum Gasteiger partial charge on any atom is -0.479 e. The van der Waals surface area contributed by atoms with E-state index in [9.17, 15) is 4.79 Å². The number of hydrogen-bond acceptors (Lipinski definition) is 4. The molecule has 0 saturated carbocycles. The summed E-state index contributed by atoms with van der Waals surface area (Å²) in [5.74, 6) is 0.227. The van der Waals surface area contributed by atoms with Crippen molar-refractivity contribution >= 4 is 0 Å². The minimum absolute atomic E-state index is 0.227. The zero-order valence-electron chi connectivity index (χ0n) is 8.10. The van der Waals surface area contributed by atoms with Gasteiger partial charge in [-0.15, -0.1) is 0 Å². The fraction of sp³-hybridized carbons (Fsp3) is 0.100. The second-order valence-electron chi connectivity index (χ2n) is 2.89. The van der Waals surface area contributed by atoms with Crippen LogP contribution >= 0.6 is 0 Å². The minimum atomic E-state index is -0.312. The summed E-state index contributed by atoms with van der Waals surface area (Å²) in [6, 6.07) is 9.19. The molecule has 0 atom stereocenters. The van der Waals surface area contributed by atoms with Gasteiger partial charge in [-0.2, -0.15) is 0 Å². The number of aromatic amines is 1. The van der Waals surface area contributed by atoms with E-state index in [0.29, 0.717) is 5.56 Å². The van der Waals surface area contributed by atoms with E-state index in [1.165, 1.54) is 7.11 Å². The summed E-state index contributed by atoms with van der Waals surface area (Å²) in [5.41, 5.74) is 0.839. The number of hydrogen-bond donors (Lipinski definition) is 1. The zero-order chi connectivity index (χ0) is 10.7. The van der Waals surface area contributed by atoms with Crippen molar-refractivity contribution in [3.8, 4) is 17.0 Å². The number of nitrogens with zero attached hydrogens (tertiary/aromatic N) is 2. The number of nitrogens with one attached hydrogen (secondary N) is 1. The van der Waals surface area contributed by atoms with Gasteiger partial charge in [0.15, 0.2) is 0 Å². The third-order valence-corrected chi connectivity index (χ3v) is 1.99. The Bertz CT molecular complexity index is 508. The summed E-state index contributed by atoms with van der Waals surface area (Å²) in [6.45, 7) is 0. The van der Waals surface area contributed by atoms with Crippen LogP contribution in [0.5, 0.6) is 5.88 Å². The molecule has 1 aromatic heterocycles. The molecule has 0 aliphatic heterocycles. The molecule has 1 aromatic carbocycles. The maximum atomic E-state index is 11.6. The van der Waals surface area contributed by atoms with Crippen molar-refractivity contribution in [2.24, 2.45) is 0 Å². The Morgan fingerprint density at radius 2 is 2.00 bits per heavy atom. The second kappa shape index (κ2) is 3.91. The third-order valence-electron chi connectivity index (χ3n) is 1.99. The largest absolute Gasteiger partial charge is 0.479 e. The van der Waals surface area contributed by atoms with Gasteiger partial charge in [0.1, 0.15) is 5.56 Å². The quantitative estimate of drug-likeness (QED) is 0.785. The first-order chi connectivity index (χ1) is 7.33. The molecule has 0 bridgehead atoms. The molecule has 0 radical (unpaired) electrons. The van der Waals surface area contributed by atoms with E-state index in [4.69, 9.17) is 4.74 Å². The van der Waals surface area contributed by atoms with Gasteiger partial charge in [0, 0.05) is 0 Å². The van der Waals surface area contributed by atoms with Crippen LogP contribution < -0.4 is 10.3 Å². The van der Waals surface area contributed by atoms with Gasteiger partial charge in [-0.1, -0.05) is 40.6 Å². The molecule has 1 heterocycles. The molecule has 0 unspecified atom stereocenters. The Morgan fingerprint density at radius 1 is 1.27 bits per heavy atom. The average molecular weight is 203 g/mol. The van der Waals surface area contributed by atoms with Crippen LogP contribution in [0.25, 0.3) is 11.1 Å². The Morgan fingerprint density at radius 3 is 2.67 bits per heavy atom. The number of aromatic nitrogens is 3. The monoisotopic (exact) mass is 203 g/mol. The molecular weight excluding hydrogens is 194 g/mol. The van der Waals surface area contributed by atoms with Crippen molar-refractivity contribution in [1.29, 1.82) is 0 Å². The smallest absolute Gasteiger partial charge is 0.278 e. The van der Waals surface area contributed by atoms with Crippen LogP contribution in [0.4, 0.5) is 0 Å². The highest BCUT2D eigenvalue weighted by Crippen LogP contribution is 2.21. The van der Waals surface area contributed by atoms with Crippen LogP contribution in [0.2, 0.25) is 0 Å². The maximum absolute atomic E-state index is 11.6. The number of H-pyrrole nitrogens is 1. The van der Waals surface area contributed by atoms with E-state index < -0.39 is 0 Å². The molecule has 0 spiro atoms. The van der Waals surface area contributed by atoms with Crippen LogP contribution in [0.1, 0.15) is 0 Å². The van der Waals surface area contributed by atoms with E-state index in [1.807, 2.05) is 30.3 Å². The van der Waals surface area contributed by atoms with Crippen LogP contribution in [-0.2, 0) is 0 Å². The second-order valence-corrected chi connectivity index (χ2v) is 2.89. The van der Waals surface area contributed by atoms with Crippen molar-refractivity contribution in [2.45, 2.75) is 0 Å². The summed E-state index contributed by atoms with van der Waals surface area (Å²) in [4.78, 5) is 11.6. The first-order valence-corrected chi connectivity index (χ1v) is 4.37. The Balaban J connectivity index is 2.67. The molecule has 1 N–H and O–H groups in total. The van der Waals surface area contributed by atoms with Gasteiger partial charge in [0.25, 0.3) is 5.56 Å². The summed E-state index contributed by atoms with van der Waals surface area (Å²) in [5, 5.41) is 9.41. The Hall–Kier alpha value is -2.17. The first-order valence-electron chi connectivity index (χ1n) is 4.37. The summed E-state index contributed by atoms with van der Waals surface area (Å²) < 4.78 is 4.99. The van der Waals surface area contributed by atoms with E-state index >= 15 is 0 Å². The van der Waals surface area contributed by atoms with E-state index in [1.54, 1.807) is 0 Å². The Kier molecular flexibility index (Phi) is 2.45. The molecular formula is C10H9N3O2. The lowest BCUT2D eigenvalue weighted by Gasteiger charge is -2.03. The lowest BCUT2D eigenvalue weighted by atomic mass is 10.1. The molecule has 0 aliphatic carbocycles. The molecule has 5 heteroatoms. The molecule has 0 fully saturated rings. The number of methoxy groups -OCH3 is 1. The van der Waals surface area contributed by atoms with Gasteiger partial charge in [0.2, 0.25) is 5.88 Å². The maximum Gasteiger partial charge on any atom is 0.278 e. The van der Waals surface area contributed by atoms with E-state index in [2.05, 4.69) is 15.4 Å². The molecule has 0 amide bonds. The number of ether oxygens (including phenoxy) is 1. The van der Waals surface area contributed by atoms with E-state index in [0.717, 1.165) is 5.56 Å². The van der Waals surface area contributed by atoms with Crippen LogP contribution in [0, 0.1) is 0 Å². The molecule has 2 aromatic rings. The molecule has 2 rings (SSSR count). The summed E-state index contributed by atoms with van der Waals surface area (Å²) in [6.07, 6.45) is 0. The SMILES string of the molecule is COc1nn[nH]c(=O)c1-c1ccccc1. The Labute approximate surface area is 85.7 Å². The topological polar surface area (TPSA) is 67.9 Å². The highest BCUT2D eigenvalue weighted by Gasteiger charge is 2.11. The van der Waals surface area contributed by atoms with Crippen molar-refractivity contribution in [1.82, 2.24) is 15.4 Å². The molecule has 5 nitrogen and oxygen atoms in total. The van der Waals surface area contributed by atoms with Gasteiger partial charge in [-0.25, -0.2) is 5.10 Å². The molecule has 15 heavy (non-hydrogen) atoms. The predicted octanol–water partition coefficient (Wildman–Crippen LogP) is 0.841. The van der Waals surface area contributed by atoms with Gasteiger partial charge in [-0.3, -0.25) is 4.79 Å². The van der Waals surface area contributed by atoms with Gasteiger partial charge in [0.05, 0.1) is 7.11 Å². The van der Waals surface area contributed by atoms with Crippen LogP contribution in [0.3, 0.4) is 0 Å². The van der Waals surface area contributed by atoms with Gasteiger partial charge < -0.3 is 4.74 Å². The van der Waals surface area contributed by atoms with Crippen molar-refractivity contribution in [3.05, 3.63) is 40.7 Å². The standard InChI is InChI=1S/C10H9N3O2/c1-15-10-8(9(14)11-13-12-10)7-5-3-2-4-6-7/h2-6H,1H3,(H,11,12,14). The highest BCUT2D eigenvalue weighted by atomic mass is 16.5. The molecule has 76 valence electrons. The zero-order valence-corrected chi connectivity index (χ0v) is 8.10. The fourth-order valence-electron chi connectivity index (χ4n) is 1.32. The fourth-order valence-corrected chi connectivity index (χ4v) is 1.32. The highest BCUT2D eigenvalue weighted by molar-refractivity contribution is 5.66. The molecule has 0 aliphatic rings. The first kappa shape index (κ1) is 9.39. The van der Waals surface area contributed by atoms with Gasteiger partial charge >= 0.3 is 0 Å². The summed E-state index contributed by atoms with van der Waals surface area (Å²) in [7, 11) is 1.45. The normalized spacial score (nSPS) is 9.93. The lowest BCUT2D eigenvalue weighted by molar-refractivity contribution is 0.389. The predicted molar refractivity (Wildman–Crippen MR) is 54.6 cm³/mol. The third kappa shape index (κ3) is 1.71. The van der Waals surface area contributed by atoms with E-state index in [-0.39, 0.29) is 11.4 Å². The molecule has 0 saturated heterocycles. The van der Waals surface area contributed by atoms with Crippen LogP contribution in [-0.4, -0.2) is 22.5 Å². The van der Waals surface area contributed by atoms with Crippen molar-refractivity contribution < 1.29 is 4.74 Å². The van der Waals surface area contributed by atoms with Crippen LogP contribution in [0.15, 0.2) is 35.1 Å². The van der Waals surface area contributed by atoms with Gasteiger partial charge in [-0.05, 0) is 5.56 Å². The summed E-state index contributed by atoms with van der Waals surface area (Å²) >= 11 is 0. The number of benzene rings is 1. The average Bonchev–Trinajstić information content (AvgIpc) is 2.29.